The first-order valence-electron chi connectivity index (χ1n) is 5.46. The molecule has 0 N–H and O–H groups in total. The molecule has 0 spiro atoms. The predicted octanol–water partition coefficient (Wildman–Crippen LogP) is -3.57. The molecule has 2 aromatic rings. The van der Waals surface area contributed by atoms with Crippen LogP contribution in [0.15, 0.2) is 37.4 Å². The van der Waals surface area contributed by atoms with E-state index >= 15 is 0 Å². The highest BCUT2D eigenvalue weighted by Gasteiger charge is 1.88. The van der Waals surface area contributed by atoms with Gasteiger partial charge in [0.05, 0.1) is 28.2 Å². The van der Waals surface area contributed by atoms with E-state index in [-0.39, 0.29) is 0 Å². The monoisotopic (exact) mass is 284 g/mol. The third-order valence-electron chi connectivity index (χ3n) is 1.80. The molecule has 2 heterocycles. The van der Waals surface area contributed by atoms with Crippen molar-refractivity contribution in [2.24, 2.45) is 28.2 Å². The Bertz CT molecular complexity index is 402. The minimum absolute atomic E-state index is 0.500. The van der Waals surface area contributed by atoms with Gasteiger partial charge in [-0.3, -0.25) is 0 Å². The van der Waals surface area contributed by atoms with Crippen LogP contribution in [0.4, 0.5) is 0 Å². The molecular weight excluding hydrogens is 264 g/mol. The summed E-state index contributed by atoms with van der Waals surface area (Å²) in [5.41, 5.74) is 0. The molecule has 0 amide bonds. The van der Waals surface area contributed by atoms with E-state index in [9.17, 15) is 0 Å². The minimum atomic E-state index is -0.500. The van der Waals surface area contributed by atoms with Crippen molar-refractivity contribution in [3.8, 4) is 0 Å². The number of carbonyl (C=O) groups is 2. The summed E-state index contributed by atoms with van der Waals surface area (Å²) in [6.07, 6.45) is 12.0. The van der Waals surface area contributed by atoms with Gasteiger partial charge in [0.25, 0.3) is 0 Å². The molecule has 0 aromatic carbocycles. The molecule has 0 saturated carbocycles. The maximum atomic E-state index is 8.25. The van der Waals surface area contributed by atoms with Gasteiger partial charge in [-0.25, -0.2) is 18.3 Å². The Labute approximate surface area is 117 Å². The van der Waals surface area contributed by atoms with Crippen LogP contribution in [-0.4, -0.2) is 22.1 Å². The summed E-state index contributed by atoms with van der Waals surface area (Å²) in [6, 6.07) is 0. The van der Waals surface area contributed by atoms with E-state index < -0.39 is 12.9 Å². The van der Waals surface area contributed by atoms with Gasteiger partial charge in [-0.05, 0) is 0 Å². The molecular formula is C12H20N4O4. The Morgan fingerprint density at radius 2 is 1.10 bits per heavy atom. The number of rotatable bonds is 0. The maximum absolute atomic E-state index is 8.25. The number of imidazole rings is 2. The first-order chi connectivity index (χ1) is 9.40. The van der Waals surface area contributed by atoms with Gasteiger partial charge in [0.15, 0.2) is 0 Å². The zero-order valence-corrected chi connectivity index (χ0v) is 12.0. The molecule has 0 radical (unpaired) electrons. The Morgan fingerprint density at radius 3 is 1.15 bits per heavy atom. The average Bonchev–Trinajstić information content (AvgIpc) is 2.90. The van der Waals surface area contributed by atoms with E-state index in [0.29, 0.717) is 0 Å². The molecule has 112 valence electrons. The molecule has 0 aliphatic carbocycles. The molecule has 0 fully saturated rings. The number of carbonyl (C=O) groups excluding carboxylic acids is 2. The standard InChI is InChI=1S/2C5H9N2.2CH2O2/c2*1-6-3-4-7(2)5-6;2*2-1-3/h2*3-5H,1-2H3;2*1H,(H,2,3)/q2*+1;;/p-2. The largest absolute Gasteiger partial charge is 0.554 e. The fourth-order valence-corrected chi connectivity index (χ4v) is 1.15. The fraction of sp³-hybridized carbons (Fsp3) is 0.333. The highest BCUT2D eigenvalue weighted by atomic mass is 16.3. The summed E-state index contributed by atoms with van der Waals surface area (Å²) in [4.78, 5) is 16.5. The molecule has 0 unspecified atom stereocenters. The highest BCUT2D eigenvalue weighted by molar-refractivity contribution is 5.29. The number of hydrogen-bond acceptors (Lipinski definition) is 4. The van der Waals surface area contributed by atoms with E-state index in [2.05, 4.69) is 0 Å². The number of hydrogen-bond donors (Lipinski definition) is 0. The Hall–Kier alpha value is -2.64. The molecule has 0 atom stereocenters. The van der Waals surface area contributed by atoms with Crippen LogP contribution >= 0.6 is 0 Å². The van der Waals surface area contributed by atoms with E-state index in [1.165, 1.54) is 0 Å². The van der Waals surface area contributed by atoms with E-state index in [1.807, 2.05) is 83.9 Å². The first kappa shape index (κ1) is 19.7. The van der Waals surface area contributed by atoms with Crippen LogP contribution in [0.3, 0.4) is 0 Å². The summed E-state index contributed by atoms with van der Waals surface area (Å²) in [7, 11) is 8.00. The lowest BCUT2D eigenvalue weighted by molar-refractivity contribution is -0.671. The summed E-state index contributed by atoms with van der Waals surface area (Å²) >= 11 is 0. The zero-order valence-electron chi connectivity index (χ0n) is 12.0. The van der Waals surface area contributed by atoms with Crippen LogP contribution in [0.5, 0.6) is 0 Å². The summed E-state index contributed by atoms with van der Waals surface area (Å²) in [6.45, 7) is -1.00. The maximum Gasteiger partial charge on any atom is 0.243 e. The minimum Gasteiger partial charge on any atom is -0.554 e. The summed E-state index contributed by atoms with van der Waals surface area (Å²) in [5, 5.41) is 16.5. The average molecular weight is 284 g/mol. The van der Waals surface area contributed by atoms with Crippen LogP contribution in [0, 0.1) is 0 Å². The molecule has 2 rings (SSSR count). The highest BCUT2D eigenvalue weighted by Crippen LogP contribution is 1.71. The van der Waals surface area contributed by atoms with Crippen LogP contribution in [0.1, 0.15) is 0 Å². The normalized spacial score (nSPS) is 7.80. The van der Waals surface area contributed by atoms with Crippen molar-refractivity contribution in [2.45, 2.75) is 0 Å². The Morgan fingerprint density at radius 1 is 0.850 bits per heavy atom. The lowest BCUT2D eigenvalue weighted by atomic mass is 10.9. The molecule has 0 saturated heterocycles. The van der Waals surface area contributed by atoms with Crippen molar-refractivity contribution in [1.82, 2.24) is 9.13 Å². The molecule has 20 heavy (non-hydrogen) atoms. The van der Waals surface area contributed by atoms with Gasteiger partial charge in [0.2, 0.25) is 12.7 Å². The summed E-state index contributed by atoms with van der Waals surface area (Å²) < 4.78 is 8.00. The number of nitrogens with zero attached hydrogens (tertiary/aromatic N) is 4. The lowest BCUT2D eigenvalue weighted by Crippen LogP contribution is -2.23. The van der Waals surface area contributed by atoms with Gasteiger partial charge in [-0.15, -0.1) is 0 Å². The van der Waals surface area contributed by atoms with Gasteiger partial charge in [-0.1, -0.05) is 0 Å². The van der Waals surface area contributed by atoms with Crippen LogP contribution in [-0.2, 0) is 37.8 Å². The number of aryl methyl sites for hydroxylation is 4. The zero-order chi connectivity index (χ0) is 16.0. The van der Waals surface area contributed by atoms with Crippen molar-refractivity contribution in [3.63, 3.8) is 0 Å². The van der Waals surface area contributed by atoms with Crippen molar-refractivity contribution in [3.05, 3.63) is 37.4 Å². The SMILES string of the molecule is Cn1cc[n+](C)c1.Cn1cc[n+](C)c1.O=C[O-].O=C[O-]. The molecule has 8 heteroatoms. The first-order valence-corrected chi connectivity index (χ1v) is 5.46. The molecule has 0 aliphatic heterocycles. The second kappa shape index (κ2) is 12.8. The third kappa shape index (κ3) is 13.4. The smallest absolute Gasteiger partial charge is 0.243 e. The van der Waals surface area contributed by atoms with E-state index in [1.54, 1.807) is 0 Å². The van der Waals surface area contributed by atoms with Crippen molar-refractivity contribution >= 4 is 12.9 Å². The van der Waals surface area contributed by atoms with Gasteiger partial charge >= 0.3 is 0 Å². The van der Waals surface area contributed by atoms with Gasteiger partial charge in [-0.2, -0.15) is 0 Å². The predicted molar refractivity (Wildman–Crippen MR) is 65.3 cm³/mol. The molecule has 2 aromatic heterocycles. The second-order valence-corrected chi connectivity index (χ2v) is 3.68. The third-order valence-corrected chi connectivity index (χ3v) is 1.80. The Kier molecular flexibility index (Phi) is 12.6. The van der Waals surface area contributed by atoms with E-state index in [4.69, 9.17) is 19.8 Å². The van der Waals surface area contributed by atoms with Gasteiger partial charge < -0.3 is 19.8 Å². The lowest BCUT2D eigenvalue weighted by Gasteiger charge is -1.72. The molecule has 0 aliphatic rings. The molecule has 8 nitrogen and oxygen atoms in total. The van der Waals surface area contributed by atoms with Crippen LogP contribution < -0.4 is 19.3 Å². The number of carboxylic acid groups (broad SMARTS) is 2. The number of aromatic nitrogens is 4. The van der Waals surface area contributed by atoms with Crippen LogP contribution in [0.25, 0.3) is 0 Å². The van der Waals surface area contributed by atoms with Crippen molar-refractivity contribution < 1.29 is 28.9 Å². The van der Waals surface area contributed by atoms with E-state index in [0.717, 1.165) is 0 Å². The van der Waals surface area contributed by atoms with Crippen molar-refractivity contribution in [1.29, 1.82) is 0 Å². The quantitative estimate of drug-likeness (QED) is 0.369. The van der Waals surface area contributed by atoms with Crippen molar-refractivity contribution in [2.75, 3.05) is 0 Å². The van der Waals surface area contributed by atoms with Gasteiger partial charge in [0, 0.05) is 12.9 Å². The fourth-order valence-electron chi connectivity index (χ4n) is 1.15. The Balaban J connectivity index is 0. The van der Waals surface area contributed by atoms with Gasteiger partial charge in [0.1, 0.15) is 24.8 Å². The summed E-state index contributed by atoms with van der Waals surface area (Å²) in [5.74, 6) is 0. The molecule has 0 bridgehead atoms. The second-order valence-electron chi connectivity index (χ2n) is 3.68. The van der Waals surface area contributed by atoms with Crippen LogP contribution in [0.2, 0.25) is 0 Å². The topological polar surface area (TPSA) is 97.9 Å².